The van der Waals surface area contributed by atoms with E-state index >= 15 is 0 Å². The van der Waals surface area contributed by atoms with Gasteiger partial charge in [0.1, 0.15) is 27.0 Å². The van der Waals surface area contributed by atoms with Gasteiger partial charge in [-0.1, -0.05) is 51.1 Å². The molecule has 2 N–H and O–H groups in total. The van der Waals surface area contributed by atoms with Crippen molar-refractivity contribution in [2.24, 2.45) is 5.92 Å². The van der Waals surface area contributed by atoms with Crippen molar-refractivity contribution in [1.82, 2.24) is 0 Å². The second kappa shape index (κ2) is 12.9. The van der Waals surface area contributed by atoms with Crippen molar-refractivity contribution in [3.63, 3.8) is 0 Å². The molecule has 0 radical (unpaired) electrons. The maximum Gasteiger partial charge on any atom is 0.298 e. The molecule has 0 saturated heterocycles. The van der Waals surface area contributed by atoms with Gasteiger partial charge in [-0.15, -0.1) is 0 Å². The molecule has 0 amide bonds. The quantitative estimate of drug-likeness (QED) is 0.201. The molecule has 0 fully saturated rings. The van der Waals surface area contributed by atoms with Gasteiger partial charge in [0, 0.05) is 5.92 Å². The van der Waals surface area contributed by atoms with Crippen molar-refractivity contribution in [3.8, 4) is 17.2 Å². The van der Waals surface area contributed by atoms with Gasteiger partial charge in [-0.3, -0.25) is 9.11 Å². The van der Waals surface area contributed by atoms with Crippen LogP contribution in [0.4, 0.5) is 0 Å². The molecule has 44 heavy (non-hydrogen) atoms. The van der Waals surface area contributed by atoms with Crippen LogP contribution in [0.15, 0.2) is 86.3 Å². The van der Waals surface area contributed by atoms with Gasteiger partial charge in [-0.2, -0.15) is 16.8 Å². The minimum absolute atomic E-state index is 0.210. The number of benzene rings is 3. The SMILES string of the molecule is C=C(CC)C1C=c2ccc(Oc3ccc(S(=O)(=O)c4ccc(OC(CC)CC)c(S(=O)(=O)O)c4)cc3S(=O)(=O)O)cc2=CC1. The average molecular weight is 663 g/mol. The van der Waals surface area contributed by atoms with E-state index in [1.165, 1.54) is 0 Å². The van der Waals surface area contributed by atoms with Gasteiger partial charge in [0.05, 0.1) is 15.9 Å². The Morgan fingerprint density at radius 1 is 0.818 bits per heavy atom. The number of sulfone groups is 1. The molecule has 0 aromatic heterocycles. The molecule has 4 rings (SSSR count). The van der Waals surface area contributed by atoms with Crippen molar-refractivity contribution in [3.05, 3.63) is 77.2 Å². The lowest BCUT2D eigenvalue weighted by atomic mass is 9.90. The predicted molar refractivity (Wildman–Crippen MR) is 165 cm³/mol. The third-order valence-corrected chi connectivity index (χ3v) is 10.9. The van der Waals surface area contributed by atoms with Crippen LogP contribution < -0.4 is 19.9 Å². The molecule has 1 atom stereocenters. The Morgan fingerprint density at radius 2 is 1.39 bits per heavy atom. The van der Waals surface area contributed by atoms with Gasteiger partial charge < -0.3 is 9.47 Å². The van der Waals surface area contributed by atoms with E-state index in [-0.39, 0.29) is 29.3 Å². The monoisotopic (exact) mass is 662 g/mol. The Kier molecular flexibility index (Phi) is 9.76. The Labute approximate surface area is 257 Å². The molecule has 0 aliphatic heterocycles. The normalized spacial score (nSPS) is 15.2. The number of fused-ring (bicyclic) bond motifs is 1. The molecule has 0 spiro atoms. The summed E-state index contributed by atoms with van der Waals surface area (Å²) in [5.74, 6) is -0.0847. The lowest BCUT2D eigenvalue weighted by molar-refractivity contribution is 0.187. The van der Waals surface area contributed by atoms with E-state index in [1.807, 2.05) is 32.9 Å². The lowest BCUT2D eigenvalue weighted by Crippen LogP contribution is -2.29. The molecular formula is C31H34O10S3. The van der Waals surface area contributed by atoms with Crippen LogP contribution >= 0.6 is 0 Å². The van der Waals surface area contributed by atoms with Crippen LogP contribution in [-0.4, -0.2) is 40.5 Å². The number of allylic oxidation sites excluding steroid dienone is 1. The van der Waals surface area contributed by atoms with E-state index in [1.54, 1.807) is 12.1 Å². The topological polar surface area (TPSA) is 161 Å². The second-order valence-electron chi connectivity index (χ2n) is 10.3. The predicted octanol–water partition coefficient (Wildman–Crippen LogP) is 4.92. The first-order valence-corrected chi connectivity index (χ1v) is 18.3. The minimum Gasteiger partial charge on any atom is -0.489 e. The van der Waals surface area contributed by atoms with Crippen LogP contribution in [-0.2, 0) is 30.1 Å². The van der Waals surface area contributed by atoms with Gasteiger partial charge in [0.25, 0.3) is 20.2 Å². The third-order valence-electron chi connectivity index (χ3n) is 7.45. The third kappa shape index (κ3) is 7.24. The number of hydrogen-bond acceptors (Lipinski definition) is 8. The largest absolute Gasteiger partial charge is 0.489 e. The molecule has 10 nitrogen and oxygen atoms in total. The molecular weight excluding hydrogens is 629 g/mol. The van der Waals surface area contributed by atoms with Gasteiger partial charge in [0.15, 0.2) is 0 Å². The molecule has 0 heterocycles. The van der Waals surface area contributed by atoms with Crippen molar-refractivity contribution < 1.29 is 43.8 Å². The van der Waals surface area contributed by atoms with Crippen LogP contribution in [0.25, 0.3) is 12.2 Å². The molecule has 13 heteroatoms. The van der Waals surface area contributed by atoms with Gasteiger partial charge in [0.2, 0.25) is 9.84 Å². The van der Waals surface area contributed by atoms with Crippen molar-refractivity contribution in [2.75, 3.05) is 0 Å². The maximum absolute atomic E-state index is 13.5. The first kappa shape index (κ1) is 33.4. The fraction of sp³-hybridized carbons (Fsp3) is 0.290. The average Bonchev–Trinajstić information content (AvgIpc) is 2.98. The first-order valence-electron chi connectivity index (χ1n) is 13.9. The molecule has 1 aliphatic carbocycles. The lowest BCUT2D eigenvalue weighted by Gasteiger charge is -2.18. The molecule has 0 saturated carbocycles. The summed E-state index contributed by atoms with van der Waals surface area (Å²) in [5, 5.41) is 1.82. The number of hydrogen-bond donors (Lipinski definition) is 2. The second-order valence-corrected chi connectivity index (χ2v) is 15.1. The molecule has 0 bridgehead atoms. The highest BCUT2D eigenvalue weighted by molar-refractivity contribution is 7.91. The van der Waals surface area contributed by atoms with E-state index in [0.717, 1.165) is 65.3 Å². The summed E-state index contributed by atoms with van der Waals surface area (Å²) >= 11 is 0. The molecule has 3 aromatic rings. The van der Waals surface area contributed by atoms with Gasteiger partial charge in [-0.25, -0.2) is 8.42 Å². The molecule has 1 unspecified atom stereocenters. The summed E-state index contributed by atoms with van der Waals surface area (Å²) in [5.41, 5.74) is 1.11. The summed E-state index contributed by atoms with van der Waals surface area (Å²) in [6.45, 7) is 9.80. The maximum atomic E-state index is 13.5. The van der Waals surface area contributed by atoms with E-state index in [4.69, 9.17) is 9.47 Å². The molecule has 236 valence electrons. The summed E-state index contributed by atoms with van der Waals surface area (Å²) in [6, 6.07) is 11.0. The Morgan fingerprint density at radius 3 is 1.93 bits per heavy atom. The van der Waals surface area contributed by atoms with Crippen LogP contribution in [0.5, 0.6) is 17.2 Å². The standard InChI is InChI=1S/C31H34O10S3/c1-5-20(4)21-8-9-23-17-25(11-10-22(23)16-21)41-29-15-13-27(19-31(29)44(37,38)39)42(32,33)26-12-14-28(40-24(6-2)7-3)30(18-26)43(34,35)36/h9-19,21,24H,4-8H2,1-3H3,(H,34,35,36)(H,37,38,39). The highest BCUT2D eigenvalue weighted by atomic mass is 32.2. The van der Waals surface area contributed by atoms with E-state index in [0.29, 0.717) is 12.8 Å². The Hall–Kier alpha value is -3.49. The first-order chi connectivity index (χ1) is 20.6. The highest BCUT2D eigenvalue weighted by Gasteiger charge is 2.28. The fourth-order valence-corrected chi connectivity index (χ4v) is 7.57. The summed E-state index contributed by atoms with van der Waals surface area (Å²) in [4.78, 5) is -2.69. The van der Waals surface area contributed by atoms with E-state index in [9.17, 15) is 34.4 Å². The van der Waals surface area contributed by atoms with E-state index in [2.05, 4.69) is 12.7 Å². The smallest absolute Gasteiger partial charge is 0.298 e. The minimum atomic E-state index is -4.98. The van der Waals surface area contributed by atoms with Crippen molar-refractivity contribution in [2.45, 2.75) is 72.1 Å². The molecule has 3 aromatic carbocycles. The summed E-state index contributed by atoms with van der Waals surface area (Å²) in [6.07, 6.45) is 6.41. The number of ether oxygens (including phenoxy) is 2. The van der Waals surface area contributed by atoms with Crippen molar-refractivity contribution in [1.29, 1.82) is 0 Å². The highest BCUT2D eigenvalue weighted by Crippen LogP contribution is 2.35. The van der Waals surface area contributed by atoms with Gasteiger partial charge in [-0.05, 0) is 84.7 Å². The number of rotatable bonds is 12. The fourth-order valence-electron chi connectivity index (χ4n) is 4.82. The van der Waals surface area contributed by atoms with Crippen LogP contribution in [0.2, 0.25) is 0 Å². The Bertz CT molecular complexity index is 2050. The zero-order valence-corrected chi connectivity index (χ0v) is 26.9. The van der Waals surface area contributed by atoms with Crippen LogP contribution in [0.3, 0.4) is 0 Å². The summed E-state index contributed by atoms with van der Waals surface area (Å²) in [7, 11) is -14.4. The van der Waals surface area contributed by atoms with Crippen LogP contribution in [0.1, 0.15) is 46.5 Å². The molecule has 1 aliphatic rings. The zero-order valence-electron chi connectivity index (χ0n) is 24.4. The van der Waals surface area contributed by atoms with E-state index < -0.39 is 49.7 Å². The summed E-state index contributed by atoms with van der Waals surface area (Å²) < 4.78 is 107. The van der Waals surface area contributed by atoms with Crippen LogP contribution in [0, 0.1) is 5.92 Å². The Balaban J connectivity index is 1.73. The van der Waals surface area contributed by atoms with Crippen molar-refractivity contribution >= 4 is 42.2 Å². The van der Waals surface area contributed by atoms with Gasteiger partial charge >= 0.3 is 0 Å². The zero-order chi connectivity index (χ0) is 32.4.